The molecule has 6 heteroatoms. The molecule has 1 unspecified atom stereocenters. The maximum atomic E-state index is 6.25. The van der Waals surface area contributed by atoms with Crippen LogP contribution in [0, 0.1) is 13.8 Å². The van der Waals surface area contributed by atoms with Crippen LogP contribution < -0.4 is 5.73 Å². The summed E-state index contributed by atoms with van der Waals surface area (Å²) in [6.45, 7) is 6.94. The van der Waals surface area contributed by atoms with Gasteiger partial charge in [0.1, 0.15) is 0 Å². The Kier molecular flexibility index (Phi) is 4.19. The highest BCUT2D eigenvalue weighted by Gasteiger charge is 2.17. The van der Waals surface area contributed by atoms with Gasteiger partial charge in [-0.15, -0.1) is 11.3 Å². The second kappa shape index (κ2) is 5.50. The van der Waals surface area contributed by atoms with Gasteiger partial charge in [-0.25, -0.2) is 4.98 Å². The molecule has 2 aromatic heterocycles. The molecule has 2 heterocycles. The molecule has 2 aromatic rings. The fourth-order valence-electron chi connectivity index (χ4n) is 1.92. The molecule has 0 aliphatic heterocycles. The van der Waals surface area contributed by atoms with Gasteiger partial charge in [0.2, 0.25) is 0 Å². The molecule has 1 atom stereocenters. The molecule has 4 nitrogen and oxygen atoms in total. The van der Waals surface area contributed by atoms with Gasteiger partial charge in [0, 0.05) is 30.1 Å². The quantitative estimate of drug-likeness (QED) is 0.938. The Hall–Kier alpha value is -0.720. The number of halogens is 1. The number of aryl methyl sites for hydroxylation is 3. The predicted octanol–water partition coefficient (Wildman–Crippen LogP) is 2.98. The van der Waals surface area contributed by atoms with Gasteiger partial charge in [0.15, 0.2) is 0 Å². The van der Waals surface area contributed by atoms with Crippen LogP contribution in [0.15, 0.2) is 10.7 Å². The average molecular weight is 329 g/mol. The highest BCUT2D eigenvalue weighted by Crippen LogP contribution is 2.27. The van der Waals surface area contributed by atoms with E-state index >= 15 is 0 Å². The Labute approximate surface area is 119 Å². The van der Waals surface area contributed by atoms with Gasteiger partial charge in [-0.3, -0.25) is 4.68 Å². The third kappa shape index (κ3) is 2.65. The lowest BCUT2D eigenvalue weighted by Crippen LogP contribution is -2.15. The van der Waals surface area contributed by atoms with E-state index in [-0.39, 0.29) is 6.04 Å². The summed E-state index contributed by atoms with van der Waals surface area (Å²) in [5.41, 5.74) is 8.42. The van der Waals surface area contributed by atoms with E-state index in [1.807, 2.05) is 24.7 Å². The van der Waals surface area contributed by atoms with Gasteiger partial charge in [0.25, 0.3) is 0 Å². The van der Waals surface area contributed by atoms with E-state index < -0.39 is 0 Å². The summed E-state index contributed by atoms with van der Waals surface area (Å²) in [5.74, 6) is 0. The molecule has 98 valence electrons. The van der Waals surface area contributed by atoms with Crippen molar-refractivity contribution in [3.63, 3.8) is 0 Å². The van der Waals surface area contributed by atoms with Crippen molar-refractivity contribution in [2.24, 2.45) is 5.73 Å². The first-order valence-corrected chi connectivity index (χ1v) is 7.53. The normalized spacial score (nSPS) is 12.9. The second-order valence-electron chi connectivity index (χ2n) is 4.25. The van der Waals surface area contributed by atoms with E-state index in [0.717, 1.165) is 38.7 Å². The number of aromatic nitrogens is 3. The Balaban J connectivity index is 2.23. The topological polar surface area (TPSA) is 56.7 Å². The maximum absolute atomic E-state index is 6.25. The zero-order chi connectivity index (χ0) is 13.3. The lowest BCUT2D eigenvalue weighted by molar-refractivity contribution is 0.589. The number of rotatable bonds is 4. The van der Waals surface area contributed by atoms with Crippen molar-refractivity contribution >= 4 is 27.3 Å². The summed E-state index contributed by atoms with van der Waals surface area (Å²) >= 11 is 5.26. The molecule has 0 saturated heterocycles. The fraction of sp³-hybridized carbons (Fsp3) is 0.500. The maximum Gasteiger partial charge on any atom is 0.0897 e. The van der Waals surface area contributed by atoms with Crippen molar-refractivity contribution in [3.8, 4) is 0 Å². The largest absolute Gasteiger partial charge is 0.323 e. The summed E-state index contributed by atoms with van der Waals surface area (Å²) in [6, 6.07) is -0.0195. The molecule has 0 saturated carbocycles. The summed E-state index contributed by atoms with van der Waals surface area (Å²) in [4.78, 5) is 5.38. The van der Waals surface area contributed by atoms with Crippen LogP contribution in [-0.2, 0) is 13.0 Å². The Bertz CT molecular complexity index is 546. The van der Waals surface area contributed by atoms with Crippen molar-refractivity contribution in [3.05, 3.63) is 31.9 Å². The SMILES string of the molecule is CCn1nc(C)c(Br)c1CC(N)c1cnc(C)s1. The van der Waals surface area contributed by atoms with E-state index in [4.69, 9.17) is 5.73 Å². The molecule has 0 radical (unpaired) electrons. The Morgan fingerprint density at radius 3 is 2.78 bits per heavy atom. The zero-order valence-corrected chi connectivity index (χ0v) is 13.2. The number of hydrogen-bond acceptors (Lipinski definition) is 4. The van der Waals surface area contributed by atoms with Crippen molar-refractivity contribution in [1.82, 2.24) is 14.8 Å². The third-order valence-corrected chi connectivity index (χ3v) is 4.95. The van der Waals surface area contributed by atoms with E-state index in [2.05, 4.69) is 32.9 Å². The number of nitrogens with zero attached hydrogens (tertiary/aromatic N) is 3. The van der Waals surface area contributed by atoms with Crippen LogP contribution in [0.3, 0.4) is 0 Å². The van der Waals surface area contributed by atoms with Gasteiger partial charge in [-0.1, -0.05) is 0 Å². The molecule has 0 aliphatic rings. The van der Waals surface area contributed by atoms with E-state index in [0.29, 0.717) is 0 Å². The van der Waals surface area contributed by atoms with Gasteiger partial charge in [0.05, 0.1) is 20.9 Å². The minimum absolute atomic E-state index is 0.0195. The minimum atomic E-state index is -0.0195. The molecule has 0 fully saturated rings. The van der Waals surface area contributed by atoms with Crippen LogP contribution >= 0.6 is 27.3 Å². The van der Waals surface area contributed by atoms with Crippen molar-refractivity contribution in [2.45, 2.75) is 39.8 Å². The lowest BCUT2D eigenvalue weighted by Gasteiger charge is -2.11. The average Bonchev–Trinajstić information content (AvgIpc) is 2.88. The van der Waals surface area contributed by atoms with E-state index in [1.165, 1.54) is 0 Å². The van der Waals surface area contributed by atoms with Crippen LogP contribution in [0.1, 0.15) is 34.2 Å². The third-order valence-electron chi connectivity index (χ3n) is 2.87. The van der Waals surface area contributed by atoms with E-state index in [9.17, 15) is 0 Å². The van der Waals surface area contributed by atoms with Crippen LogP contribution in [0.4, 0.5) is 0 Å². The summed E-state index contributed by atoms with van der Waals surface area (Å²) in [6.07, 6.45) is 2.65. The highest BCUT2D eigenvalue weighted by molar-refractivity contribution is 9.10. The molecule has 0 amide bonds. The van der Waals surface area contributed by atoms with E-state index in [1.54, 1.807) is 11.3 Å². The second-order valence-corrected chi connectivity index (χ2v) is 6.31. The minimum Gasteiger partial charge on any atom is -0.323 e. The number of nitrogens with two attached hydrogens (primary N) is 1. The smallest absolute Gasteiger partial charge is 0.0897 e. The molecular weight excluding hydrogens is 312 g/mol. The molecule has 18 heavy (non-hydrogen) atoms. The standard InChI is InChI=1S/C12H17BrN4S/c1-4-17-10(12(13)7(2)16-17)5-9(14)11-6-15-8(3)18-11/h6,9H,4-5,14H2,1-3H3. The Morgan fingerprint density at radius 1 is 1.50 bits per heavy atom. The molecule has 2 N–H and O–H groups in total. The van der Waals surface area contributed by atoms with Crippen LogP contribution in [0.25, 0.3) is 0 Å². The first-order valence-electron chi connectivity index (χ1n) is 5.92. The van der Waals surface area contributed by atoms with Gasteiger partial charge in [-0.2, -0.15) is 5.10 Å². The molecule has 0 spiro atoms. The molecule has 0 aliphatic carbocycles. The molecular formula is C12H17BrN4S. The summed E-state index contributed by atoms with van der Waals surface area (Å²) in [5, 5.41) is 5.54. The first kappa shape index (κ1) is 13.7. The van der Waals surface area contributed by atoms with Crippen LogP contribution in [0.2, 0.25) is 0 Å². The molecule has 0 aromatic carbocycles. The fourth-order valence-corrected chi connectivity index (χ4v) is 3.15. The zero-order valence-electron chi connectivity index (χ0n) is 10.8. The van der Waals surface area contributed by atoms with Gasteiger partial charge < -0.3 is 5.73 Å². The summed E-state index contributed by atoms with van der Waals surface area (Å²) < 4.78 is 3.08. The van der Waals surface area contributed by atoms with Gasteiger partial charge in [-0.05, 0) is 36.7 Å². The predicted molar refractivity (Wildman–Crippen MR) is 77.8 cm³/mol. The molecule has 0 bridgehead atoms. The van der Waals surface area contributed by atoms with Gasteiger partial charge >= 0.3 is 0 Å². The van der Waals surface area contributed by atoms with Crippen LogP contribution in [-0.4, -0.2) is 14.8 Å². The monoisotopic (exact) mass is 328 g/mol. The Morgan fingerprint density at radius 2 is 2.22 bits per heavy atom. The van der Waals surface area contributed by atoms with Crippen LogP contribution in [0.5, 0.6) is 0 Å². The molecule has 2 rings (SSSR count). The highest BCUT2D eigenvalue weighted by atomic mass is 79.9. The lowest BCUT2D eigenvalue weighted by atomic mass is 10.1. The van der Waals surface area contributed by atoms with Crippen molar-refractivity contribution in [2.75, 3.05) is 0 Å². The number of thiazole rings is 1. The summed E-state index contributed by atoms with van der Waals surface area (Å²) in [7, 11) is 0. The first-order chi connectivity index (χ1) is 8.52. The number of hydrogen-bond donors (Lipinski definition) is 1. The van der Waals surface area contributed by atoms with Crippen molar-refractivity contribution in [1.29, 1.82) is 0 Å². The van der Waals surface area contributed by atoms with Crippen molar-refractivity contribution < 1.29 is 0 Å².